The van der Waals surface area contributed by atoms with Gasteiger partial charge in [-0.25, -0.2) is 4.79 Å². The zero-order valence-electron chi connectivity index (χ0n) is 22.2. The van der Waals surface area contributed by atoms with Gasteiger partial charge in [-0.1, -0.05) is 103 Å². The van der Waals surface area contributed by atoms with Gasteiger partial charge in [-0.2, -0.15) is 0 Å². The number of alkyl carbamates (subject to hydrolysis) is 1. The first-order chi connectivity index (χ1) is 19.1. The zero-order valence-corrected chi connectivity index (χ0v) is 23.0. The molecule has 0 heterocycles. The molecular formula is C33H34ClN3O3. The summed E-state index contributed by atoms with van der Waals surface area (Å²) in [5.74, 6) is 0.183. The SMILES string of the molecule is Cl.O=C(N[C@@H](Cc1ccccc1)C(=O)Nc1ccc([C@@H]2C[C@H]2NCc2ccccc2)cc1)OCc1ccccc1. The lowest BCUT2D eigenvalue weighted by Gasteiger charge is -2.19. The number of benzene rings is 4. The van der Waals surface area contributed by atoms with Gasteiger partial charge >= 0.3 is 6.09 Å². The minimum atomic E-state index is -0.787. The van der Waals surface area contributed by atoms with Gasteiger partial charge in [-0.15, -0.1) is 12.4 Å². The number of ether oxygens (including phenoxy) is 1. The van der Waals surface area contributed by atoms with E-state index in [1.807, 2.05) is 78.9 Å². The Morgan fingerprint density at radius 2 is 1.32 bits per heavy atom. The molecular weight excluding hydrogens is 522 g/mol. The number of amides is 2. The van der Waals surface area contributed by atoms with E-state index in [9.17, 15) is 9.59 Å². The molecule has 1 aliphatic carbocycles. The summed E-state index contributed by atoms with van der Waals surface area (Å²) in [7, 11) is 0. The van der Waals surface area contributed by atoms with Crippen molar-refractivity contribution in [1.29, 1.82) is 0 Å². The highest BCUT2D eigenvalue weighted by molar-refractivity contribution is 5.96. The van der Waals surface area contributed by atoms with Gasteiger partial charge in [-0.05, 0) is 40.8 Å². The molecule has 7 heteroatoms. The number of rotatable bonds is 11. The van der Waals surface area contributed by atoms with E-state index >= 15 is 0 Å². The van der Waals surface area contributed by atoms with Crippen LogP contribution in [0.4, 0.5) is 10.5 Å². The second kappa shape index (κ2) is 14.3. The van der Waals surface area contributed by atoms with Crippen LogP contribution in [0.5, 0.6) is 0 Å². The van der Waals surface area contributed by atoms with Crippen LogP contribution in [0.2, 0.25) is 0 Å². The molecule has 0 unspecified atom stereocenters. The Balaban J connectivity index is 0.00000370. The van der Waals surface area contributed by atoms with Gasteiger partial charge in [0.05, 0.1) is 0 Å². The summed E-state index contributed by atoms with van der Waals surface area (Å²) in [5, 5.41) is 9.33. The van der Waals surface area contributed by atoms with E-state index < -0.39 is 12.1 Å². The number of nitrogens with one attached hydrogen (secondary N) is 3. The van der Waals surface area contributed by atoms with Crippen LogP contribution < -0.4 is 16.0 Å². The molecule has 40 heavy (non-hydrogen) atoms. The smallest absolute Gasteiger partial charge is 0.408 e. The molecule has 1 fully saturated rings. The summed E-state index contributed by atoms with van der Waals surface area (Å²) in [4.78, 5) is 25.8. The van der Waals surface area contributed by atoms with E-state index in [-0.39, 0.29) is 24.9 Å². The van der Waals surface area contributed by atoms with Crippen molar-refractivity contribution < 1.29 is 14.3 Å². The van der Waals surface area contributed by atoms with Gasteiger partial charge in [0, 0.05) is 30.6 Å². The van der Waals surface area contributed by atoms with Gasteiger partial charge in [-0.3, -0.25) is 4.79 Å². The number of halogens is 1. The summed E-state index contributed by atoms with van der Waals surface area (Å²) in [5.41, 5.74) is 5.05. The van der Waals surface area contributed by atoms with Gasteiger partial charge < -0.3 is 20.7 Å². The average Bonchev–Trinajstić information content (AvgIpc) is 3.76. The number of hydrogen-bond acceptors (Lipinski definition) is 4. The summed E-state index contributed by atoms with van der Waals surface area (Å²) < 4.78 is 5.37. The number of carbonyl (C=O) groups excluding carboxylic acids is 2. The van der Waals surface area contributed by atoms with Crippen LogP contribution in [-0.4, -0.2) is 24.1 Å². The van der Waals surface area contributed by atoms with Crippen LogP contribution in [0, 0.1) is 0 Å². The molecule has 0 bridgehead atoms. The fraction of sp³-hybridized carbons (Fsp3) is 0.212. The van der Waals surface area contributed by atoms with Crippen molar-refractivity contribution >= 4 is 30.1 Å². The minimum absolute atomic E-state index is 0. The van der Waals surface area contributed by atoms with Crippen molar-refractivity contribution in [3.8, 4) is 0 Å². The maximum absolute atomic E-state index is 13.2. The molecule has 3 atom stereocenters. The Morgan fingerprint density at radius 3 is 1.95 bits per heavy atom. The molecule has 3 N–H and O–H groups in total. The number of hydrogen-bond donors (Lipinski definition) is 3. The Bertz CT molecular complexity index is 1350. The number of carbonyl (C=O) groups is 2. The molecule has 0 saturated heterocycles. The third-order valence-electron chi connectivity index (χ3n) is 6.91. The Labute approximate surface area is 241 Å². The van der Waals surface area contributed by atoms with Crippen molar-refractivity contribution in [1.82, 2.24) is 10.6 Å². The second-order valence-electron chi connectivity index (χ2n) is 9.87. The molecule has 0 spiro atoms. The first kappa shape index (κ1) is 28.9. The highest BCUT2D eigenvalue weighted by Gasteiger charge is 2.37. The topological polar surface area (TPSA) is 79.5 Å². The van der Waals surface area contributed by atoms with E-state index in [2.05, 4.69) is 52.3 Å². The minimum Gasteiger partial charge on any atom is -0.445 e. The molecule has 6 nitrogen and oxygen atoms in total. The Kier molecular flexibility index (Phi) is 10.3. The highest BCUT2D eigenvalue weighted by atomic mass is 35.5. The molecule has 2 amide bonds. The van der Waals surface area contributed by atoms with E-state index in [4.69, 9.17) is 4.74 Å². The summed E-state index contributed by atoms with van der Waals surface area (Å²) in [6.45, 7) is 0.996. The van der Waals surface area contributed by atoms with Gasteiger partial charge in [0.1, 0.15) is 12.6 Å². The highest BCUT2D eigenvalue weighted by Crippen LogP contribution is 2.41. The standard InChI is InChI=1S/C33H33N3O3.ClH/c37-32(31(20-24-10-4-1-5-11-24)36-33(38)39-23-26-14-8-3-9-15-26)35-28-18-16-27(17-19-28)29-21-30(29)34-22-25-12-6-2-7-13-25;/h1-19,29-31,34H,20-23H2,(H,35,37)(H,36,38);1H/t29-,30+,31-;/m0./s1. The Morgan fingerprint density at radius 1 is 0.750 bits per heavy atom. The van der Waals surface area contributed by atoms with Crippen LogP contribution in [0.25, 0.3) is 0 Å². The Hall–Kier alpha value is -4.13. The third-order valence-corrected chi connectivity index (χ3v) is 6.91. The van der Waals surface area contributed by atoms with Crippen molar-refractivity contribution in [3.05, 3.63) is 138 Å². The van der Waals surface area contributed by atoms with Crippen molar-refractivity contribution in [2.75, 3.05) is 5.32 Å². The van der Waals surface area contributed by atoms with Crippen molar-refractivity contribution in [3.63, 3.8) is 0 Å². The summed E-state index contributed by atoms with van der Waals surface area (Å²) in [6.07, 6.45) is 0.822. The van der Waals surface area contributed by atoms with E-state index in [1.54, 1.807) is 0 Å². The molecule has 1 saturated carbocycles. The molecule has 4 aromatic carbocycles. The van der Waals surface area contributed by atoms with Crippen LogP contribution in [0.3, 0.4) is 0 Å². The largest absolute Gasteiger partial charge is 0.445 e. The second-order valence-corrected chi connectivity index (χ2v) is 9.87. The van der Waals surface area contributed by atoms with Crippen LogP contribution in [-0.2, 0) is 29.1 Å². The van der Waals surface area contributed by atoms with Crippen LogP contribution in [0.15, 0.2) is 115 Å². The molecule has 0 radical (unpaired) electrons. The average molecular weight is 556 g/mol. The fourth-order valence-corrected chi connectivity index (χ4v) is 4.64. The molecule has 5 rings (SSSR count). The van der Waals surface area contributed by atoms with Crippen molar-refractivity contribution in [2.24, 2.45) is 0 Å². The monoisotopic (exact) mass is 555 g/mol. The maximum Gasteiger partial charge on any atom is 0.408 e. The molecule has 0 aliphatic heterocycles. The van der Waals surface area contributed by atoms with E-state index in [0.29, 0.717) is 24.1 Å². The first-order valence-corrected chi connectivity index (χ1v) is 13.3. The van der Waals surface area contributed by atoms with E-state index in [1.165, 1.54) is 11.1 Å². The lowest BCUT2D eigenvalue weighted by molar-refractivity contribution is -0.118. The molecule has 0 aromatic heterocycles. The summed E-state index contributed by atoms with van der Waals surface area (Å²) in [6, 6.07) is 37.1. The normalized spacial score (nSPS) is 16.2. The van der Waals surface area contributed by atoms with Crippen LogP contribution >= 0.6 is 12.4 Å². The first-order valence-electron chi connectivity index (χ1n) is 13.3. The molecule has 1 aliphatic rings. The molecule has 206 valence electrons. The van der Waals surface area contributed by atoms with Crippen LogP contribution in [0.1, 0.15) is 34.6 Å². The number of anilines is 1. The van der Waals surface area contributed by atoms with Gasteiger partial charge in [0.2, 0.25) is 5.91 Å². The van der Waals surface area contributed by atoms with Crippen molar-refractivity contribution in [2.45, 2.75) is 44.0 Å². The zero-order chi connectivity index (χ0) is 26.9. The lowest BCUT2D eigenvalue weighted by atomic mass is 10.0. The predicted molar refractivity (Wildman–Crippen MR) is 160 cm³/mol. The quantitative estimate of drug-likeness (QED) is 0.205. The van der Waals surface area contributed by atoms with Gasteiger partial charge in [0.25, 0.3) is 0 Å². The summed E-state index contributed by atoms with van der Waals surface area (Å²) >= 11 is 0. The lowest BCUT2D eigenvalue weighted by Crippen LogP contribution is -2.45. The third kappa shape index (κ3) is 8.43. The maximum atomic E-state index is 13.2. The predicted octanol–water partition coefficient (Wildman–Crippen LogP) is 6.23. The fourth-order valence-electron chi connectivity index (χ4n) is 4.64. The van der Waals surface area contributed by atoms with Gasteiger partial charge in [0.15, 0.2) is 0 Å². The van der Waals surface area contributed by atoms with E-state index in [0.717, 1.165) is 24.1 Å². The molecule has 4 aromatic rings.